The Morgan fingerprint density at radius 1 is 1.56 bits per heavy atom. The highest BCUT2D eigenvalue weighted by atomic mass is 35.5. The maximum absolute atomic E-state index is 11.0. The van der Waals surface area contributed by atoms with E-state index in [9.17, 15) is 4.79 Å². The first kappa shape index (κ1) is 12.4. The smallest absolute Gasteiger partial charge is 0.250 e. The highest BCUT2D eigenvalue weighted by molar-refractivity contribution is 6.34. The molecule has 0 aliphatic carbocycles. The molecule has 7 heteroatoms. The van der Waals surface area contributed by atoms with E-state index < -0.39 is 5.91 Å². The van der Waals surface area contributed by atoms with E-state index in [1.807, 2.05) is 0 Å². The van der Waals surface area contributed by atoms with Crippen molar-refractivity contribution in [3.63, 3.8) is 0 Å². The van der Waals surface area contributed by atoms with Gasteiger partial charge >= 0.3 is 0 Å². The fourth-order valence-electron chi connectivity index (χ4n) is 1.41. The third-order valence-corrected chi connectivity index (χ3v) is 2.56. The van der Waals surface area contributed by atoms with Crippen molar-refractivity contribution < 1.29 is 9.32 Å². The number of hydrogen-bond donors (Lipinski definition) is 2. The van der Waals surface area contributed by atoms with Gasteiger partial charge in [-0.15, -0.1) is 0 Å². The topological polar surface area (TPSA) is 94.0 Å². The van der Waals surface area contributed by atoms with Crippen LogP contribution in [0, 0.1) is 6.92 Å². The van der Waals surface area contributed by atoms with Gasteiger partial charge in [-0.3, -0.25) is 4.79 Å². The van der Waals surface area contributed by atoms with Gasteiger partial charge in [-0.05, 0) is 25.1 Å². The third kappa shape index (κ3) is 2.78. The number of carbonyl (C=O) groups excluding carboxylic acids is 1. The van der Waals surface area contributed by atoms with E-state index in [1.54, 1.807) is 25.1 Å². The molecule has 0 aliphatic rings. The van der Waals surface area contributed by atoms with Gasteiger partial charge in [-0.1, -0.05) is 16.8 Å². The molecule has 2 aromatic rings. The molecule has 0 fully saturated rings. The predicted octanol–water partition coefficient (Wildman–Crippen LogP) is 1.74. The average Bonchev–Trinajstić information content (AvgIpc) is 2.72. The number of amides is 1. The lowest BCUT2D eigenvalue weighted by molar-refractivity contribution is 0.100. The lowest BCUT2D eigenvalue weighted by Crippen LogP contribution is -2.11. The van der Waals surface area contributed by atoms with Gasteiger partial charge < -0.3 is 15.6 Å². The molecule has 1 heterocycles. The highest BCUT2D eigenvalue weighted by Gasteiger charge is 2.07. The summed E-state index contributed by atoms with van der Waals surface area (Å²) in [6, 6.07) is 4.88. The maximum Gasteiger partial charge on any atom is 0.250 e. The predicted molar refractivity (Wildman–Crippen MR) is 66.3 cm³/mol. The molecule has 0 saturated heterocycles. The van der Waals surface area contributed by atoms with Crippen LogP contribution in [0.25, 0.3) is 0 Å². The quantitative estimate of drug-likeness (QED) is 0.879. The molecule has 1 amide bonds. The number of nitrogens with two attached hydrogens (primary N) is 1. The summed E-state index contributed by atoms with van der Waals surface area (Å²) in [6.45, 7) is 2.12. The summed E-state index contributed by atoms with van der Waals surface area (Å²) in [5, 5.41) is 7.02. The van der Waals surface area contributed by atoms with Crippen LogP contribution in [0.5, 0.6) is 0 Å². The molecular weight excluding hydrogens is 256 g/mol. The largest absolute Gasteiger partial charge is 0.376 e. The van der Waals surface area contributed by atoms with Crippen LogP contribution >= 0.6 is 11.6 Å². The van der Waals surface area contributed by atoms with Gasteiger partial charge in [0.25, 0.3) is 0 Å². The number of aromatic nitrogens is 2. The number of nitrogens with one attached hydrogen (secondary N) is 1. The van der Waals surface area contributed by atoms with E-state index in [2.05, 4.69) is 15.5 Å². The molecule has 1 aromatic carbocycles. The molecule has 0 spiro atoms. The van der Waals surface area contributed by atoms with Gasteiger partial charge in [-0.2, -0.15) is 4.98 Å². The molecule has 0 bridgehead atoms. The number of benzene rings is 1. The van der Waals surface area contributed by atoms with Crippen LogP contribution in [0.1, 0.15) is 22.1 Å². The van der Waals surface area contributed by atoms with Crippen molar-refractivity contribution in [3.05, 3.63) is 40.5 Å². The first-order chi connectivity index (χ1) is 8.56. The third-order valence-electron chi connectivity index (χ3n) is 2.25. The van der Waals surface area contributed by atoms with Crippen LogP contribution in [-0.2, 0) is 6.54 Å². The van der Waals surface area contributed by atoms with Crippen LogP contribution in [0.15, 0.2) is 22.7 Å². The van der Waals surface area contributed by atoms with Gasteiger partial charge in [0.2, 0.25) is 11.8 Å². The van der Waals surface area contributed by atoms with Crippen LogP contribution in [0.3, 0.4) is 0 Å². The summed E-state index contributed by atoms with van der Waals surface area (Å²) in [7, 11) is 0. The van der Waals surface area contributed by atoms with E-state index in [0.29, 0.717) is 23.3 Å². The SMILES string of the molecule is Cc1noc(CNc2ccc(C(N)=O)c(Cl)c2)n1. The Kier molecular flexibility index (Phi) is 3.47. The molecule has 3 N–H and O–H groups in total. The van der Waals surface area contributed by atoms with Gasteiger partial charge in [0, 0.05) is 5.69 Å². The van der Waals surface area contributed by atoms with Crippen molar-refractivity contribution in [2.24, 2.45) is 5.73 Å². The number of carbonyl (C=O) groups is 1. The Morgan fingerprint density at radius 2 is 2.33 bits per heavy atom. The Balaban J connectivity index is 2.06. The second-order valence-electron chi connectivity index (χ2n) is 3.65. The zero-order valence-electron chi connectivity index (χ0n) is 9.61. The first-order valence-electron chi connectivity index (χ1n) is 5.18. The number of nitrogens with zero attached hydrogens (tertiary/aromatic N) is 2. The molecule has 94 valence electrons. The van der Waals surface area contributed by atoms with Crippen molar-refractivity contribution in [3.8, 4) is 0 Å². The highest BCUT2D eigenvalue weighted by Crippen LogP contribution is 2.20. The molecule has 0 aliphatic heterocycles. The lowest BCUT2D eigenvalue weighted by atomic mass is 10.2. The Labute approximate surface area is 108 Å². The maximum atomic E-state index is 11.0. The van der Waals surface area contributed by atoms with Gasteiger partial charge in [0.1, 0.15) is 0 Å². The van der Waals surface area contributed by atoms with Crippen LogP contribution < -0.4 is 11.1 Å². The van der Waals surface area contributed by atoms with Crippen LogP contribution in [0.4, 0.5) is 5.69 Å². The normalized spacial score (nSPS) is 10.3. The first-order valence-corrected chi connectivity index (χ1v) is 5.56. The fourth-order valence-corrected chi connectivity index (χ4v) is 1.69. The fraction of sp³-hybridized carbons (Fsp3) is 0.182. The van der Waals surface area contributed by atoms with Crippen molar-refractivity contribution >= 4 is 23.2 Å². The zero-order valence-corrected chi connectivity index (χ0v) is 10.4. The molecule has 0 unspecified atom stereocenters. The van der Waals surface area contributed by atoms with Crippen LogP contribution in [-0.4, -0.2) is 16.0 Å². The molecule has 0 radical (unpaired) electrons. The van der Waals surface area contributed by atoms with E-state index >= 15 is 0 Å². The van der Waals surface area contributed by atoms with Gasteiger partial charge in [0.15, 0.2) is 5.82 Å². The minimum absolute atomic E-state index is 0.288. The number of anilines is 1. The molecule has 6 nitrogen and oxygen atoms in total. The molecule has 2 rings (SSSR count). The molecule has 18 heavy (non-hydrogen) atoms. The van der Waals surface area contributed by atoms with E-state index in [0.717, 1.165) is 5.69 Å². The van der Waals surface area contributed by atoms with Crippen molar-refractivity contribution in [1.29, 1.82) is 0 Å². The van der Waals surface area contributed by atoms with E-state index in [4.69, 9.17) is 21.9 Å². The van der Waals surface area contributed by atoms with Gasteiger partial charge in [-0.25, -0.2) is 0 Å². The molecular formula is C11H11ClN4O2. The second-order valence-corrected chi connectivity index (χ2v) is 4.05. The summed E-state index contributed by atoms with van der Waals surface area (Å²) in [5.41, 5.74) is 6.18. The standard InChI is InChI=1S/C11H11ClN4O2/c1-6-15-10(18-16-6)5-14-7-2-3-8(11(13)17)9(12)4-7/h2-4,14H,5H2,1H3,(H2,13,17). The Morgan fingerprint density at radius 3 is 2.89 bits per heavy atom. The summed E-state index contributed by atoms with van der Waals surface area (Å²) >= 11 is 5.92. The second kappa shape index (κ2) is 5.05. The number of halogens is 1. The Hall–Kier alpha value is -2.08. The minimum atomic E-state index is -0.556. The van der Waals surface area contributed by atoms with Crippen molar-refractivity contribution in [2.45, 2.75) is 13.5 Å². The Bertz CT molecular complexity index is 582. The average molecular weight is 267 g/mol. The summed E-state index contributed by atoms with van der Waals surface area (Å²) in [4.78, 5) is 15.0. The number of rotatable bonds is 4. The zero-order chi connectivity index (χ0) is 13.1. The van der Waals surface area contributed by atoms with Crippen molar-refractivity contribution in [2.75, 3.05) is 5.32 Å². The summed E-state index contributed by atoms with van der Waals surface area (Å²) in [6.07, 6.45) is 0. The summed E-state index contributed by atoms with van der Waals surface area (Å²) < 4.78 is 4.95. The van der Waals surface area contributed by atoms with E-state index in [-0.39, 0.29) is 5.56 Å². The lowest BCUT2D eigenvalue weighted by Gasteiger charge is -2.05. The van der Waals surface area contributed by atoms with E-state index in [1.165, 1.54) is 0 Å². The summed E-state index contributed by atoms with van der Waals surface area (Å²) in [5.74, 6) is 0.496. The number of hydrogen-bond acceptors (Lipinski definition) is 5. The minimum Gasteiger partial charge on any atom is -0.376 e. The molecule has 0 atom stereocenters. The van der Waals surface area contributed by atoms with Crippen LogP contribution in [0.2, 0.25) is 5.02 Å². The monoisotopic (exact) mass is 266 g/mol. The molecule has 0 saturated carbocycles. The molecule has 1 aromatic heterocycles. The van der Waals surface area contributed by atoms with Gasteiger partial charge in [0.05, 0.1) is 17.1 Å². The number of aryl methyl sites for hydroxylation is 1. The number of primary amides is 1. The van der Waals surface area contributed by atoms with Crippen molar-refractivity contribution in [1.82, 2.24) is 10.1 Å².